The zero-order valence-corrected chi connectivity index (χ0v) is 12.5. The van der Waals surface area contributed by atoms with E-state index in [2.05, 4.69) is 0 Å². The highest BCUT2D eigenvalue weighted by Crippen LogP contribution is 2.65. The summed E-state index contributed by atoms with van der Waals surface area (Å²) in [5.74, 6) is 0.548. The van der Waals surface area contributed by atoms with E-state index in [1.54, 1.807) is 0 Å². The van der Waals surface area contributed by atoms with Crippen LogP contribution in [-0.2, 0) is 9.53 Å². The third-order valence-electron chi connectivity index (χ3n) is 5.63. The van der Waals surface area contributed by atoms with Crippen molar-refractivity contribution in [3.63, 3.8) is 0 Å². The van der Waals surface area contributed by atoms with Crippen molar-refractivity contribution in [3.8, 4) is 0 Å². The Morgan fingerprint density at radius 1 is 1.25 bits per heavy atom. The van der Waals surface area contributed by atoms with Gasteiger partial charge in [0.25, 0.3) is 0 Å². The van der Waals surface area contributed by atoms with Crippen LogP contribution in [0.15, 0.2) is 0 Å². The van der Waals surface area contributed by atoms with Gasteiger partial charge in [0, 0.05) is 12.0 Å². The van der Waals surface area contributed by atoms with Gasteiger partial charge in [0.2, 0.25) is 5.67 Å². The second-order valence-corrected chi connectivity index (χ2v) is 8.17. The van der Waals surface area contributed by atoms with E-state index < -0.39 is 11.6 Å². The van der Waals surface area contributed by atoms with Crippen molar-refractivity contribution >= 4 is 5.97 Å². The maximum Gasteiger partial charge on any atom is 0.343 e. The average Bonchev–Trinajstić information content (AvgIpc) is 2.33. The number of carbonyl (C=O) groups is 1. The summed E-state index contributed by atoms with van der Waals surface area (Å²) in [6.45, 7) is 3.05. The molecule has 0 aromatic rings. The lowest BCUT2D eigenvalue weighted by Crippen LogP contribution is -2.55. The number of halogens is 1. The topological polar surface area (TPSA) is 46.5 Å². The highest BCUT2D eigenvalue weighted by atomic mass is 19.1. The predicted molar refractivity (Wildman–Crippen MR) is 72.8 cm³/mol. The number of aliphatic hydroxyl groups is 1. The van der Waals surface area contributed by atoms with Gasteiger partial charge in [-0.3, -0.25) is 0 Å². The van der Waals surface area contributed by atoms with Crippen molar-refractivity contribution in [1.29, 1.82) is 0 Å². The van der Waals surface area contributed by atoms with Crippen LogP contribution < -0.4 is 0 Å². The Morgan fingerprint density at radius 2 is 1.80 bits per heavy atom. The Bertz CT molecular complexity index is 398. The van der Waals surface area contributed by atoms with E-state index in [0.717, 1.165) is 32.1 Å². The minimum absolute atomic E-state index is 0.00623. The molecule has 2 unspecified atom stereocenters. The third kappa shape index (κ3) is 2.36. The maximum absolute atomic E-state index is 13.6. The summed E-state index contributed by atoms with van der Waals surface area (Å²) in [6, 6.07) is 0. The summed E-state index contributed by atoms with van der Waals surface area (Å²) in [7, 11) is 0. The van der Waals surface area contributed by atoms with Gasteiger partial charge in [-0.1, -0.05) is 0 Å². The molecule has 4 bridgehead atoms. The first-order valence-corrected chi connectivity index (χ1v) is 7.73. The quantitative estimate of drug-likeness (QED) is 0.807. The number of hydrogen-bond acceptors (Lipinski definition) is 3. The van der Waals surface area contributed by atoms with Crippen molar-refractivity contribution < 1.29 is 19.0 Å². The second kappa shape index (κ2) is 4.43. The molecule has 0 spiro atoms. The molecule has 0 heterocycles. The minimum atomic E-state index is -1.92. The number of ether oxygens (including phenoxy) is 1. The summed E-state index contributed by atoms with van der Waals surface area (Å²) in [4.78, 5) is 11.7. The van der Waals surface area contributed by atoms with E-state index >= 15 is 0 Å². The Labute approximate surface area is 119 Å². The normalized spacial score (nSPS) is 42.8. The molecule has 4 rings (SSSR count). The van der Waals surface area contributed by atoms with Crippen LogP contribution in [0.5, 0.6) is 0 Å². The molecule has 4 aliphatic rings. The van der Waals surface area contributed by atoms with Crippen LogP contribution in [0.4, 0.5) is 4.39 Å². The Morgan fingerprint density at radius 3 is 2.30 bits per heavy atom. The van der Waals surface area contributed by atoms with Crippen LogP contribution in [0.3, 0.4) is 0 Å². The Hall–Kier alpha value is -0.640. The Kier molecular flexibility index (Phi) is 3.16. The number of esters is 1. The van der Waals surface area contributed by atoms with Gasteiger partial charge in [0.05, 0.1) is 6.61 Å². The van der Waals surface area contributed by atoms with Crippen molar-refractivity contribution in [1.82, 2.24) is 0 Å². The van der Waals surface area contributed by atoms with Gasteiger partial charge in [0.15, 0.2) is 0 Å². The molecule has 2 atom stereocenters. The van der Waals surface area contributed by atoms with Crippen LogP contribution in [0.1, 0.15) is 52.4 Å². The van der Waals surface area contributed by atoms with Crippen molar-refractivity contribution in [2.45, 2.75) is 58.0 Å². The zero-order valence-electron chi connectivity index (χ0n) is 12.5. The number of rotatable bonds is 4. The first-order chi connectivity index (χ1) is 9.26. The summed E-state index contributed by atoms with van der Waals surface area (Å²) < 4.78 is 18.9. The fourth-order valence-electron chi connectivity index (χ4n) is 5.39. The molecule has 0 aromatic carbocycles. The standard InChI is InChI=1S/C16H25FO3/c1-14(2,17)13(19)20-10-16-6-11-3-12(7-16)5-15(4-11,8-16)9-18/h11-12,18H,3-10H2,1-2H3. The van der Waals surface area contributed by atoms with E-state index in [-0.39, 0.29) is 17.4 Å². The second-order valence-electron chi connectivity index (χ2n) is 8.17. The molecule has 0 aromatic heterocycles. The molecule has 0 radical (unpaired) electrons. The molecule has 114 valence electrons. The average molecular weight is 284 g/mol. The summed E-state index contributed by atoms with van der Waals surface area (Å²) >= 11 is 0. The molecule has 1 N–H and O–H groups in total. The number of carbonyl (C=O) groups excluding carboxylic acids is 1. The first kappa shape index (κ1) is 14.3. The predicted octanol–water partition coefficient (Wildman–Crippen LogP) is 2.86. The molecule has 4 heteroatoms. The van der Waals surface area contributed by atoms with Gasteiger partial charge in [-0.25, -0.2) is 9.18 Å². The fourth-order valence-corrected chi connectivity index (χ4v) is 5.39. The van der Waals surface area contributed by atoms with E-state index in [1.165, 1.54) is 20.3 Å². The lowest BCUT2D eigenvalue weighted by molar-refractivity contribution is -0.177. The third-order valence-corrected chi connectivity index (χ3v) is 5.63. The van der Waals surface area contributed by atoms with E-state index in [0.29, 0.717) is 18.4 Å². The molecule has 0 aliphatic heterocycles. The highest BCUT2D eigenvalue weighted by Gasteiger charge is 2.57. The van der Waals surface area contributed by atoms with Gasteiger partial charge in [-0.05, 0) is 69.6 Å². The zero-order chi connectivity index (χ0) is 14.6. The smallest absolute Gasteiger partial charge is 0.343 e. The molecular formula is C16H25FO3. The summed E-state index contributed by atoms with van der Waals surface area (Å²) in [5.41, 5.74) is -1.88. The van der Waals surface area contributed by atoms with Crippen LogP contribution in [-0.4, -0.2) is 30.0 Å². The molecule has 4 saturated carbocycles. The molecule has 0 amide bonds. The van der Waals surface area contributed by atoms with E-state index in [9.17, 15) is 14.3 Å². The number of alkyl halides is 1. The van der Waals surface area contributed by atoms with Gasteiger partial charge in [0.1, 0.15) is 0 Å². The summed E-state index contributed by atoms with van der Waals surface area (Å²) in [6.07, 6.45) is 6.57. The fraction of sp³-hybridized carbons (Fsp3) is 0.938. The molecule has 4 aliphatic carbocycles. The van der Waals surface area contributed by atoms with Gasteiger partial charge >= 0.3 is 5.97 Å². The van der Waals surface area contributed by atoms with E-state index in [1.807, 2.05) is 0 Å². The van der Waals surface area contributed by atoms with Crippen LogP contribution in [0, 0.1) is 22.7 Å². The van der Waals surface area contributed by atoms with Gasteiger partial charge in [-0.15, -0.1) is 0 Å². The van der Waals surface area contributed by atoms with Crippen LogP contribution in [0.2, 0.25) is 0 Å². The number of hydrogen-bond donors (Lipinski definition) is 1. The maximum atomic E-state index is 13.6. The van der Waals surface area contributed by atoms with Gasteiger partial charge < -0.3 is 9.84 Å². The van der Waals surface area contributed by atoms with Gasteiger partial charge in [-0.2, -0.15) is 0 Å². The molecule has 20 heavy (non-hydrogen) atoms. The lowest BCUT2D eigenvalue weighted by atomic mass is 9.44. The van der Waals surface area contributed by atoms with Crippen LogP contribution in [0.25, 0.3) is 0 Å². The van der Waals surface area contributed by atoms with E-state index in [4.69, 9.17) is 4.74 Å². The minimum Gasteiger partial charge on any atom is -0.463 e. The lowest BCUT2D eigenvalue weighted by Gasteiger charge is -2.61. The SMILES string of the molecule is CC(C)(F)C(=O)OCC12CC3CC(CC(CO)(C3)C1)C2. The highest BCUT2D eigenvalue weighted by molar-refractivity contribution is 5.78. The molecule has 3 nitrogen and oxygen atoms in total. The van der Waals surface area contributed by atoms with Crippen molar-refractivity contribution in [2.75, 3.05) is 13.2 Å². The molecule has 0 saturated heterocycles. The Balaban J connectivity index is 1.71. The summed E-state index contributed by atoms with van der Waals surface area (Å²) in [5, 5.41) is 9.78. The van der Waals surface area contributed by atoms with Crippen molar-refractivity contribution in [3.05, 3.63) is 0 Å². The first-order valence-electron chi connectivity index (χ1n) is 7.73. The largest absolute Gasteiger partial charge is 0.463 e. The monoisotopic (exact) mass is 284 g/mol. The molecule has 4 fully saturated rings. The van der Waals surface area contributed by atoms with Crippen molar-refractivity contribution in [2.24, 2.45) is 22.7 Å². The number of aliphatic hydroxyl groups excluding tert-OH is 1. The van der Waals surface area contributed by atoms with Crippen LogP contribution >= 0.6 is 0 Å². The molecular weight excluding hydrogens is 259 g/mol.